The Balaban J connectivity index is 1.81. The van der Waals surface area contributed by atoms with Crippen molar-refractivity contribution in [3.8, 4) is 0 Å². The van der Waals surface area contributed by atoms with Gasteiger partial charge in [0.2, 0.25) is 0 Å². The SMILES string of the molecule is CCC1CCC(O)(CNCc2cccc(C(=O)O)c2)CC1. The van der Waals surface area contributed by atoms with Crippen LogP contribution in [0.5, 0.6) is 0 Å². The van der Waals surface area contributed by atoms with Gasteiger partial charge in [0.15, 0.2) is 0 Å². The molecule has 0 bridgehead atoms. The van der Waals surface area contributed by atoms with E-state index in [9.17, 15) is 9.90 Å². The first-order valence-corrected chi connectivity index (χ1v) is 7.78. The number of nitrogens with one attached hydrogen (secondary N) is 1. The van der Waals surface area contributed by atoms with Crippen molar-refractivity contribution in [2.75, 3.05) is 6.54 Å². The minimum Gasteiger partial charge on any atom is -0.478 e. The zero-order valence-electron chi connectivity index (χ0n) is 12.6. The molecule has 21 heavy (non-hydrogen) atoms. The Morgan fingerprint density at radius 3 is 2.71 bits per heavy atom. The van der Waals surface area contributed by atoms with Gasteiger partial charge in [-0.3, -0.25) is 0 Å². The van der Waals surface area contributed by atoms with Gasteiger partial charge in [0.05, 0.1) is 11.2 Å². The Hall–Kier alpha value is -1.39. The second-order valence-electron chi connectivity index (χ2n) is 6.19. The van der Waals surface area contributed by atoms with Gasteiger partial charge in [-0.15, -0.1) is 0 Å². The van der Waals surface area contributed by atoms with Gasteiger partial charge >= 0.3 is 5.97 Å². The number of hydrogen-bond donors (Lipinski definition) is 3. The molecule has 3 N–H and O–H groups in total. The summed E-state index contributed by atoms with van der Waals surface area (Å²) in [4.78, 5) is 10.9. The standard InChI is InChI=1S/C17H25NO3/c1-2-13-6-8-17(21,9-7-13)12-18-11-14-4-3-5-15(10-14)16(19)20/h3-5,10,13,18,21H,2,6-9,11-12H2,1H3,(H,19,20). The van der Waals surface area contributed by atoms with Crippen LogP contribution < -0.4 is 5.32 Å². The lowest BCUT2D eigenvalue weighted by Crippen LogP contribution is -2.43. The van der Waals surface area contributed by atoms with Crippen LogP contribution in [0.3, 0.4) is 0 Å². The first kappa shape index (κ1) is 16.0. The number of rotatable bonds is 6. The van der Waals surface area contributed by atoms with Crippen molar-refractivity contribution in [1.29, 1.82) is 0 Å². The molecule has 1 aliphatic rings. The summed E-state index contributed by atoms with van der Waals surface area (Å²) in [6.45, 7) is 3.37. The minimum absolute atomic E-state index is 0.302. The number of hydrogen-bond acceptors (Lipinski definition) is 3. The molecule has 0 heterocycles. The van der Waals surface area contributed by atoms with Gasteiger partial charge in [-0.2, -0.15) is 0 Å². The van der Waals surface area contributed by atoms with Gasteiger partial charge in [0.25, 0.3) is 0 Å². The molecule has 2 rings (SSSR count). The Morgan fingerprint density at radius 2 is 2.10 bits per heavy atom. The van der Waals surface area contributed by atoms with Crippen molar-refractivity contribution < 1.29 is 15.0 Å². The van der Waals surface area contributed by atoms with E-state index >= 15 is 0 Å². The normalized spacial score (nSPS) is 25.7. The van der Waals surface area contributed by atoms with Crippen LogP contribution in [0, 0.1) is 5.92 Å². The van der Waals surface area contributed by atoms with Crippen molar-refractivity contribution in [2.24, 2.45) is 5.92 Å². The summed E-state index contributed by atoms with van der Waals surface area (Å²) in [5.41, 5.74) is 0.632. The predicted molar refractivity (Wildman–Crippen MR) is 82.3 cm³/mol. The van der Waals surface area contributed by atoms with Crippen molar-refractivity contribution in [2.45, 2.75) is 51.2 Å². The van der Waals surface area contributed by atoms with Crippen LogP contribution in [0.2, 0.25) is 0 Å². The van der Waals surface area contributed by atoms with Crippen LogP contribution in [0.1, 0.15) is 54.9 Å². The molecule has 0 spiro atoms. The first-order valence-electron chi connectivity index (χ1n) is 7.78. The molecule has 1 fully saturated rings. The summed E-state index contributed by atoms with van der Waals surface area (Å²) in [5, 5.41) is 22.8. The summed E-state index contributed by atoms with van der Waals surface area (Å²) in [6.07, 6.45) is 5.11. The van der Waals surface area contributed by atoms with Gasteiger partial charge in [0, 0.05) is 13.1 Å². The highest BCUT2D eigenvalue weighted by atomic mass is 16.4. The lowest BCUT2D eigenvalue weighted by atomic mass is 9.78. The van der Waals surface area contributed by atoms with Gasteiger partial charge in [-0.05, 0) is 49.3 Å². The molecule has 0 radical (unpaired) electrons. The summed E-state index contributed by atoms with van der Waals surface area (Å²) < 4.78 is 0. The number of carbonyl (C=O) groups is 1. The highest BCUT2D eigenvalue weighted by Gasteiger charge is 2.31. The van der Waals surface area contributed by atoms with Crippen LogP contribution in [-0.2, 0) is 6.54 Å². The van der Waals surface area contributed by atoms with E-state index in [2.05, 4.69) is 12.2 Å². The third-order valence-electron chi connectivity index (χ3n) is 4.57. The summed E-state index contributed by atoms with van der Waals surface area (Å²) >= 11 is 0. The molecule has 0 atom stereocenters. The Bertz CT molecular complexity index is 479. The fourth-order valence-corrected chi connectivity index (χ4v) is 3.05. The van der Waals surface area contributed by atoms with Crippen LogP contribution in [0.15, 0.2) is 24.3 Å². The molecule has 116 valence electrons. The van der Waals surface area contributed by atoms with E-state index in [0.29, 0.717) is 18.7 Å². The Morgan fingerprint density at radius 1 is 1.38 bits per heavy atom. The van der Waals surface area contributed by atoms with Gasteiger partial charge in [-0.25, -0.2) is 4.79 Å². The molecule has 1 aliphatic carbocycles. The molecule has 0 saturated heterocycles. The third kappa shape index (κ3) is 4.55. The largest absolute Gasteiger partial charge is 0.478 e. The van der Waals surface area contributed by atoms with Crippen molar-refractivity contribution in [3.63, 3.8) is 0 Å². The predicted octanol–water partition coefficient (Wildman–Crippen LogP) is 2.81. The molecule has 0 unspecified atom stereocenters. The minimum atomic E-state index is -0.909. The fraction of sp³-hybridized carbons (Fsp3) is 0.588. The van der Waals surface area contributed by atoms with E-state index in [1.165, 1.54) is 6.42 Å². The lowest BCUT2D eigenvalue weighted by molar-refractivity contribution is -0.00882. The molecular weight excluding hydrogens is 266 g/mol. The summed E-state index contributed by atoms with van der Waals surface area (Å²) in [6, 6.07) is 6.91. The highest BCUT2D eigenvalue weighted by molar-refractivity contribution is 5.87. The Kier molecular flexibility index (Phi) is 5.37. The third-order valence-corrected chi connectivity index (χ3v) is 4.57. The Labute approximate surface area is 126 Å². The van der Waals surface area contributed by atoms with E-state index < -0.39 is 11.6 Å². The van der Waals surface area contributed by atoms with Crippen LogP contribution in [-0.4, -0.2) is 28.3 Å². The molecular formula is C17H25NO3. The van der Waals surface area contributed by atoms with Crippen LogP contribution in [0.4, 0.5) is 0 Å². The fourth-order valence-electron chi connectivity index (χ4n) is 3.05. The number of benzene rings is 1. The molecule has 0 amide bonds. The second kappa shape index (κ2) is 7.05. The van der Waals surface area contributed by atoms with Crippen LogP contribution >= 0.6 is 0 Å². The number of aromatic carboxylic acids is 1. The zero-order chi connectivity index (χ0) is 15.3. The van der Waals surface area contributed by atoms with Crippen molar-refractivity contribution in [1.82, 2.24) is 5.32 Å². The summed E-state index contributed by atoms with van der Waals surface area (Å²) in [5.74, 6) is -0.147. The second-order valence-corrected chi connectivity index (χ2v) is 6.19. The van der Waals surface area contributed by atoms with Crippen LogP contribution in [0.25, 0.3) is 0 Å². The van der Waals surface area contributed by atoms with E-state index in [-0.39, 0.29) is 0 Å². The van der Waals surface area contributed by atoms with Crippen molar-refractivity contribution >= 4 is 5.97 Å². The molecule has 0 aliphatic heterocycles. The average Bonchev–Trinajstić information content (AvgIpc) is 2.48. The molecule has 1 aromatic rings. The first-order chi connectivity index (χ1) is 10.0. The van der Waals surface area contributed by atoms with Gasteiger partial charge < -0.3 is 15.5 Å². The maximum Gasteiger partial charge on any atom is 0.335 e. The van der Waals surface area contributed by atoms with E-state index in [4.69, 9.17) is 5.11 Å². The molecule has 0 aromatic heterocycles. The molecule has 4 heteroatoms. The number of aliphatic hydroxyl groups is 1. The molecule has 4 nitrogen and oxygen atoms in total. The van der Waals surface area contributed by atoms with E-state index in [1.807, 2.05) is 6.07 Å². The van der Waals surface area contributed by atoms with E-state index in [0.717, 1.165) is 37.2 Å². The van der Waals surface area contributed by atoms with Gasteiger partial charge in [0.1, 0.15) is 0 Å². The number of carboxylic acids is 1. The maximum absolute atomic E-state index is 10.9. The highest BCUT2D eigenvalue weighted by Crippen LogP contribution is 2.33. The zero-order valence-corrected chi connectivity index (χ0v) is 12.6. The maximum atomic E-state index is 10.9. The number of carboxylic acid groups (broad SMARTS) is 1. The average molecular weight is 291 g/mol. The molecule has 1 saturated carbocycles. The van der Waals surface area contributed by atoms with E-state index in [1.54, 1.807) is 18.2 Å². The topological polar surface area (TPSA) is 69.6 Å². The van der Waals surface area contributed by atoms with Gasteiger partial charge in [-0.1, -0.05) is 25.5 Å². The quantitative estimate of drug-likeness (QED) is 0.754. The summed E-state index contributed by atoms with van der Waals surface area (Å²) in [7, 11) is 0. The van der Waals surface area contributed by atoms with Crippen molar-refractivity contribution in [3.05, 3.63) is 35.4 Å². The smallest absolute Gasteiger partial charge is 0.335 e. The monoisotopic (exact) mass is 291 g/mol. The molecule has 1 aromatic carbocycles. The lowest BCUT2D eigenvalue weighted by Gasteiger charge is -2.36.